The average Bonchev–Trinajstić information content (AvgIpc) is 2.49. The first-order valence-electron chi connectivity index (χ1n) is 7.09. The molecule has 1 aliphatic carbocycles. The number of halogens is 2. The van der Waals surface area contributed by atoms with E-state index in [9.17, 15) is 4.39 Å². The van der Waals surface area contributed by atoms with Gasteiger partial charge in [-0.2, -0.15) is 0 Å². The van der Waals surface area contributed by atoms with Gasteiger partial charge in [0.05, 0.1) is 0 Å². The predicted molar refractivity (Wildman–Crippen MR) is 84.7 cm³/mol. The highest BCUT2D eigenvalue weighted by Gasteiger charge is 2.20. The molecule has 0 heterocycles. The average molecular weight is 350 g/mol. The Labute approximate surface area is 132 Å². The lowest BCUT2D eigenvalue weighted by atomic mass is 9.87. The van der Waals surface area contributed by atoms with Crippen molar-refractivity contribution in [2.24, 2.45) is 5.73 Å². The minimum absolute atomic E-state index is 0.0832. The summed E-state index contributed by atoms with van der Waals surface area (Å²) in [5.41, 5.74) is 9.02. The third kappa shape index (κ3) is 3.11. The molecule has 2 aromatic rings. The van der Waals surface area contributed by atoms with Gasteiger partial charge in [-0.25, -0.2) is 4.39 Å². The van der Waals surface area contributed by atoms with E-state index in [0.717, 1.165) is 35.0 Å². The molecular formula is C17H17BrFNO. The Bertz CT molecular complexity index is 659. The van der Waals surface area contributed by atoms with Crippen LogP contribution in [0.3, 0.4) is 0 Å². The summed E-state index contributed by atoms with van der Waals surface area (Å²) in [5, 5.41) is 0. The summed E-state index contributed by atoms with van der Waals surface area (Å²) >= 11 is 3.35. The number of benzene rings is 2. The fourth-order valence-electron chi connectivity index (χ4n) is 2.80. The zero-order valence-electron chi connectivity index (χ0n) is 11.6. The van der Waals surface area contributed by atoms with Crippen LogP contribution in [0.1, 0.15) is 35.6 Å². The maximum Gasteiger partial charge on any atom is 0.129 e. The lowest BCUT2D eigenvalue weighted by Gasteiger charge is -2.24. The molecule has 0 saturated carbocycles. The van der Waals surface area contributed by atoms with E-state index in [2.05, 4.69) is 22.0 Å². The molecule has 2 nitrogen and oxygen atoms in total. The number of nitrogens with two attached hydrogens (primary N) is 1. The number of fused-ring (bicyclic) bond motifs is 1. The molecule has 2 N–H and O–H groups in total. The van der Waals surface area contributed by atoms with Crippen LogP contribution in [0, 0.1) is 5.82 Å². The van der Waals surface area contributed by atoms with Gasteiger partial charge in [0.25, 0.3) is 0 Å². The molecule has 1 unspecified atom stereocenters. The second-order valence-electron chi connectivity index (χ2n) is 5.35. The first kappa shape index (κ1) is 14.5. The number of hydrogen-bond acceptors (Lipinski definition) is 2. The van der Waals surface area contributed by atoms with Crippen LogP contribution in [-0.2, 0) is 13.0 Å². The highest BCUT2D eigenvalue weighted by atomic mass is 79.9. The van der Waals surface area contributed by atoms with Gasteiger partial charge < -0.3 is 10.5 Å². The minimum atomic E-state index is -0.250. The monoisotopic (exact) mass is 349 g/mol. The molecule has 3 rings (SSSR count). The molecule has 0 fully saturated rings. The molecule has 1 aliphatic rings. The van der Waals surface area contributed by atoms with Crippen LogP contribution in [0.15, 0.2) is 40.9 Å². The summed E-state index contributed by atoms with van der Waals surface area (Å²) in [5.74, 6) is 0.571. The van der Waals surface area contributed by atoms with Crippen molar-refractivity contribution >= 4 is 15.9 Å². The third-order valence-electron chi connectivity index (χ3n) is 3.90. The van der Waals surface area contributed by atoms with Crippen LogP contribution in [0.25, 0.3) is 0 Å². The van der Waals surface area contributed by atoms with Crippen LogP contribution >= 0.6 is 15.9 Å². The normalized spacial score (nSPS) is 17.4. The Balaban J connectivity index is 1.83. The maximum atomic E-state index is 13.8. The summed E-state index contributed by atoms with van der Waals surface area (Å²) in [6.07, 6.45) is 3.05. The third-order valence-corrected chi connectivity index (χ3v) is 4.39. The van der Waals surface area contributed by atoms with Crippen molar-refractivity contribution in [2.75, 3.05) is 0 Å². The van der Waals surface area contributed by atoms with E-state index in [1.165, 1.54) is 11.6 Å². The maximum absolute atomic E-state index is 13.8. The summed E-state index contributed by atoms with van der Waals surface area (Å²) in [6.45, 7) is 0.219. The van der Waals surface area contributed by atoms with Gasteiger partial charge in [0, 0.05) is 16.1 Å². The lowest BCUT2D eigenvalue weighted by molar-refractivity contribution is 0.294. The Morgan fingerprint density at radius 2 is 2.14 bits per heavy atom. The van der Waals surface area contributed by atoms with Crippen molar-refractivity contribution in [3.8, 4) is 5.75 Å². The van der Waals surface area contributed by atoms with E-state index in [4.69, 9.17) is 10.5 Å². The van der Waals surface area contributed by atoms with Crippen molar-refractivity contribution in [1.29, 1.82) is 0 Å². The highest BCUT2D eigenvalue weighted by Crippen LogP contribution is 2.34. The zero-order valence-corrected chi connectivity index (χ0v) is 13.2. The SMILES string of the molecule is NC1CCCc2c(OCc3cc(Br)ccc3F)cccc21. The zero-order chi connectivity index (χ0) is 14.8. The Morgan fingerprint density at radius 1 is 1.29 bits per heavy atom. The molecule has 2 aromatic carbocycles. The highest BCUT2D eigenvalue weighted by molar-refractivity contribution is 9.10. The molecule has 4 heteroatoms. The smallest absolute Gasteiger partial charge is 0.129 e. The summed E-state index contributed by atoms with van der Waals surface area (Å²) in [7, 11) is 0. The number of hydrogen-bond donors (Lipinski definition) is 1. The molecule has 0 aliphatic heterocycles. The van der Waals surface area contributed by atoms with Crippen LogP contribution in [0.5, 0.6) is 5.75 Å². The molecule has 0 amide bonds. The molecule has 110 valence electrons. The molecule has 1 atom stereocenters. The van der Waals surface area contributed by atoms with Crippen molar-refractivity contribution < 1.29 is 9.13 Å². The van der Waals surface area contributed by atoms with Crippen LogP contribution in [-0.4, -0.2) is 0 Å². The van der Waals surface area contributed by atoms with Crippen molar-refractivity contribution in [3.05, 3.63) is 63.4 Å². The molecular weight excluding hydrogens is 333 g/mol. The second-order valence-corrected chi connectivity index (χ2v) is 6.26. The molecule has 0 radical (unpaired) electrons. The van der Waals surface area contributed by atoms with Gasteiger partial charge in [0.2, 0.25) is 0 Å². The van der Waals surface area contributed by atoms with Crippen LogP contribution < -0.4 is 10.5 Å². The van der Waals surface area contributed by atoms with Crippen molar-refractivity contribution in [3.63, 3.8) is 0 Å². The largest absolute Gasteiger partial charge is 0.489 e. The van der Waals surface area contributed by atoms with E-state index in [-0.39, 0.29) is 18.5 Å². The van der Waals surface area contributed by atoms with Gasteiger partial charge in [0.1, 0.15) is 18.2 Å². The van der Waals surface area contributed by atoms with Gasteiger partial charge >= 0.3 is 0 Å². The van der Waals surface area contributed by atoms with Gasteiger partial charge in [-0.05, 0) is 54.7 Å². The minimum Gasteiger partial charge on any atom is -0.489 e. The van der Waals surface area contributed by atoms with Crippen molar-refractivity contribution in [1.82, 2.24) is 0 Å². The Kier molecular flexibility index (Phi) is 4.27. The summed E-state index contributed by atoms with van der Waals surface area (Å²) in [4.78, 5) is 0. The van der Waals surface area contributed by atoms with E-state index in [1.807, 2.05) is 12.1 Å². The summed E-state index contributed by atoms with van der Waals surface area (Å²) < 4.78 is 20.5. The first-order valence-corrected chi connectivity index (χ1v) is 7.88. The van der Waals surface area contributed by atoms with Gasteiger partial charge in [0.15, 0.2) is 0 Å². The summed E-state index contributed by atoms with van der Waals surface area (Å²) in [6, 6.07) is 10.9. The quantitative estimate of drug-likeness (QED) is 0.884. The van der Waals surface area contributed by atoms with Crippen LogP contribution in [0.4, 0.5) is 4.39 Å². The molecule has 0 bridgehead atoms. The van der Waals surface area contributed by atoms with E-state index in [1.54, 1.807) is 12.1 Å². The van der Waals surface area contributed by atoms with E-state index in [0.29, 0.717) is 5.56 Å². The Hall–Kier alpha value is -1.39. The number of rotatable bonds is 3. The van der Waals surface area contributed by atoms with Gasteiger partial charge in [-0.1, -0.05) is 28.1 Å². The van der Waals surface area contributed by atoms with Gasteiger partial charge in [-0.3, -0.25) is 0 Å². The molecule has 0 spiro atoms. The molecule has 0 aromatic heterocycles. The standard InChI is InChI=1S/C17H17BrFNO/c18-12-7-8-15(19)11(9-12)10-21-17-6-2-3-13-14(17)4-1-5-16(13)20/h2-3,6-9,16H,1,4-5,10,20H2. The fraction of sp³-hybridized carbons (Fsp3) is 0.294. The molecule has 0 saturated heterocycles. The topological polar surface area (TPSA) is 35.2 Å². The molecule has 21 heavy (non-hydrogen) atoms. The van der Waals surface area contributed by atoms with E-state index >= 15 is 0 Å². The van der Waals surface area contributed by atoms with Gasteiger partial charge in [-0.15, -0.1) is 0 Å². The van der Waals surface area contributed by atoms with Crippen LogP contribution in [0.2, 0.25) is 0 Å². The predicted octanol–water partition coefficient (Wildman–Crippen LogP) is 4.50. The lowest BCUT2D eigenvalue weighted by Crippen LogP contribution is -2.18. The Morgan fingerprint density at radius 3 is 3.00 bits per heavy atom. The number of ether oxygens (including phenoxy) is 1. The second kappa shape index (κ2) is 6.16. The first-order chi connectivity index (χ1) is 10.1. The fourth-order valence-corrected chi connectivity index (χ4v) is 3.20. The van der Waals surface area contributed by atoms with Crippen molar-refractivity contribution in [2.45, 2.75) is 31.9 Å². The van der Waals surface area contributed by atoms with E-state index < -0.39 is 0 Å².